The van der Waals surface area contributed by atoms with Crippen molar-refractivity contribution < 1.29 is 19.0 Å². The predicted molar refractivity (Wildman–Crippen MR) is 120 cm³/mol. The SMILES string of the molecule is C=CC(=O)Oc1ccc(OCCCCCOCCCCCCCCCCC)cc1. The number of benzene rings is 1. The van der Waals surface area contributed by atoms with Crippen LogP contribution in [0.25, 0.3) is 0 Å². The van der Waals surface area contributed by atoms with Crippen LogP contribution in [0.15, 0.2) is 36.9 Å². The van der Waals surface area contributed by atoms with E-state index in [0.717, 1.165) is 44.3 Å². The molecule has 0 N–H and O–H groups in total. The number of esters is 1. The molecule has 4 nitrogen and oxygen atoms in total. The van der Waals surface area contributed by atoms with E-state index in [1.54, 1.807) is 24.3 Å². The van der Waals surface area contributed by atoms with Crippen molar-refractivity contribution in [2.45, 2.75) is 84.0 Å². The molecule has 0 unspecified atom stereocenters. The highest BCUT2D eigenvalue weighted by molar-refractivity contribution is 5.83. The number of carbonyl (C=O) groups excluding carboxylic acids is 1. The Balaban J connectivity index is 1.85. The van der Waals surface area contributed by atoms with E-state index in [2.05, 4.69) is 13.5 Å². The second kappa shape index (κ2) is 18.2. The average molecular weight is 405 g/mol. The summed E-state index contributed by atoms with van der Waals surface area (Å²) in [7, 11) is 0. The van der Waals surface area contributed by atoms with Gasteiger partial charge in [-0.15, -0.1) is 0 Å². The van der Waals surface area contributed by atoms with E-state index < -0.39 is 5.97 Å². The van der Waals surface area contributed by atoms with E-state index >= 15 is 0 Å². The quantitative estimate of drug-likeness (QED) is 0.109. The van der Waals surface area contributed by atoms with E-state index in [-0.39, 0.29) is 0 Å². The lowest BCUT2D eigenvalue weighted by atomic mass is 10.1. The molecule has 0 aromatic heterocycles. The Morgan fingerprint density at radius 3 is 1.83 bits per heavy atom. The summed E-state index contributed by atoms with van der Waals surface area (Å²) in [5, 5.41) is 0. The van der Waals surface area contributed by atoms with Crippen LogP contribution in [-0.4, -0.2) is 25.8 Å². The zero-order valence-electron chi connectivity index (χ0n) is 18.3. The molecule has 0 fully saturated rings. The van der Waals surface area contributed by atoms with Gasteiger partial charge in [-0.2, -0.15) is 0 Å². The van der Waals surface area contributed by atoms with E-state index in [1.165, 1.54) is 57.8 Å². The van der Waals surface area contributed by atoms with Crippen LogP contribution in [0, 0.1) is 0 Å². The Kier molecular flexibility index (Phi) is 15.9. The Morgan fingerprint density at radius 1 is 0.759 bits per heavy atom. The largest absolute Gasteiger partial charge is 0.494 e. The molecule has 0 atom stereocenters. The molecule has 0 saturated heterocycles. The maximum Gasteiger partial charge on any atom is 0.335 e. The van der Waals surface area contributed by atoms with Gasteiger partial charge in [0.05, 0.1) is 6.61 Å². The Hall–Kier alpha value is -1.81. The highest BCUT2D eigenvalue weighted by atomic mass is 16.5. The number of hydrogen-bond donors (Lipinski definition) is 0. The molecule has 1 rings (SSSR count). The van der Waals surface area contributed by atoms with Crippen LogP contribution >= 0.6 is 0 Å². The maximum atomic E-state index is 11.1. The van der Waals surface area contributed by atoms with Crippen molar-refractivity contribution >= 4 is 5.97 Å². The molecule has 0 amide bonds. The lowest BCUT2D eigenvalue weighted by Gasteiger charge is -2.08. The number of rotatable bonds is 19. The molecular weight excluding hydrogens is 364 g/mol. The molecule has 0 aliphatic heterocycles. The molecular formula is C25H40O4. The lowest BCUT2D eigenvalue weighted by molar-refractivity contribution is -0.128. The molecule has 0 spiro atoms. The number of hydrogen-bond acceptors (Lipinski definition) is 4. The minimum Gasteiger partial charge on any atom is -0.494 e. The average Bonchev–Trinajstić information content (AvgIpc) is 2.74. The molecule has 1 aromatic carbocycles. The smallest absolute Gasteiger partial charge is 0.335 e. The number of ether oxygens (including phenoxy) is 3. The minimum absolute atomic E-state index is 0.460. The first-order chi connectivity index (χ1) is 14.3. The van der Waals surface area contributed by atoms with E-state index in [9.17, 15) is 4.79 Å². The summed E-state index contributed by atoms with van der Waals surface area (Å²) in [5.41, 5.74) is 0. The van der Waals surface area contributed by atoms with Crippen LogP contribution in [0.3, 0.4) is 0 Å². The third-order valence-corrected chi connectivity index (χ3v) is 4.80. The van der Waals surface area contributed by atoms with Crippen molar-refractivity contribution in [2.75, 3.05) is 19.8 Å². The van der Waals surface area contributed by atoms with Crippen molar-refractivity contribution in [1.82, 2.24) is 0 Å². The zero-order chi connectivity index (χ0) is 21.0. The van der Waals surface area contributed by atoms with Gasteiger partial charge in [-0.25, -0.2) is 4.79 Å². The summed E-state index contributed by atoms with van der Waals surface area (Å²) in [6.45, 7) is 8.07. The number of carbonyl (C=O) groups is 1. The van der Waals surface area contributed by atoms with E-state index in [1.807, 2.05) is 0 Å². The summed E-state index contributed by atoms with van der Waals surface area (Å²) in [4.78, 5) is 11.1. The topological polar surface area (TPSA) is 44.8 Å². The molecule has 0 aliphatic carbocycles. The van der Waals surface area contributed by atoms with Crippen LogP contribution < -0.4 is 9.47 Å². The Labute approximate surface area is 177 Å². The van der Waals surface area contributed by atoms with Gasteiger partial charge in [0.25, 0.3) is 0 Å². The summed E-state index contributed by atoms with van der Waals surface area (Å²) >= 11 is 0. The van der Waals surface area contributed by atoms with E-state index in [4.69, 9.17) is 14.2 Å². The van der Waals surface area contributed by atoms with Gasteiger partial charge < -0.3 is 14.2 Å². The highest BCUT2D eigenvalue weighted by Crippen LogP contribution is 2.18. The summed E-state index contributed by atoms with van der Waals surface area (Å²) in [6, 6.07) is 7.05. The van der Waals surface area contributed by atoms with Gasteiger partial charge in [-0.05, 0) is 49.9 Å². The van der Waals surface area contributed by atoms with Crippen molar-refractivity contribution in [3.63, 3.8) is 0 Å². The lowest BCUT2D eigenvalue weighted by Crippen LogP contribution is -2.03. The third-order valence-electron chi connectivity index (χ3n) is 4.80. The van der Waals surface area contributed by atoms with Gasteiger partial charge in [0, 0.05) is 19.3 Å². The van der Waals surface area contributed by atoms with Gasteiger partial charge in [0.2, 0.25) is 0 Å². The van der Waals surface area contributed by atoms with Gasteiger partial charge in [-0.1, -0.05) is 64.9 Å². The van der Waals surface area contributed by atoms with Gasteiger partial charge in [-0.3, -0.25) is 0 Å². The monoisotopic (exact) mass is 404 g/mol. The minimum atomic E-state index is -0.460. The van der Waals surface area contributed by atoms with Crippen LogP contribution in [0.2, 0.25) is 0 Å². The van der Waals surface area contributed by atoms with E-state index in [0.29, 0.717) is 12.4 Å². The van der Waals surface area contributed by atoms with Gasteiger partial charge in [0.15, 0.2) is 0 Å². The van der Waals surface area contributed by atoms with Crippen molar-refractivity contribution in [3.8, 4) is 11.5 Å². The standard InChI is InChI=1S/C25H40O4/c1-3-5-6-7-8-9-10-11-13-20-27-21-14-12-15-22-28-23-16-18-24(19-17-23)29-25(26)4-2/h4,16-19H,2-3,5-15,20-22H2,1H3. The Bertz CT molecular complexity index is 524. The summed E-state index contributed by atoms with van der Waals surface area (Å²) in [5.74, 6) is 0.815. The molecule has 4 heteroatoms. The van der Waals surface area contributed by atoms with Gasteiger partial charge >= 0.3 is 5.97 Å². The third kappa shape index (κ3) is 14.8. The molecule has 0 saturated carbocycles. The predicted octanol–water partition coefficient (Wildman–Crippen LogP) is 6.87. The first-order valence-electron chi connectivity index (χ1n) is 11.4. The number of unbranched alkanes of at least 4 members (excludes halogenated alkanes) is 10. The van der Waals surface area contributed by atoms with Crippen LogP contribution in [0.5, 0.6) is 11.5 Å². The molecule has 0 bridgehead atoms. The first kappa shape index (κ1) is 25.2. The highest BCUT2D eigenvalue weighted by Gasteiger charge is 2.00. The van der Waals surface area contributed by atoms with Crippen molar-refractivity contribution in [1.29, 1.82) is 0 Å². The second-order valence-corrected chi connectivity index (χ2v) is 7.45. The summed E-state index contributed by atoms with van der Waals surface area (Å²) < 4.78 is 16.5. The van der Waals surface area contributed by atoms with Crippen molar-refractivity contribution in [2.24, 2.45) is 0 Å². The fraction of sp³-hybridized carbons (Fsp3) is 0.640. The second-order valence-electron chi connectivity index (χ2n) is 7.45. The van der Waals surface area contributed by atoms with Gasteiger partial charge in [0.1, 0.15) is 11.5 Å². The molecule has 0 radical (unpaired) electrons. The zero-order valence-corrected chi connectivity index (χ0v) is 18.3. The van der Waals surface area contributed by atoms with Crippen LogP contribution in [-0.2, 0) is 9.53 Å². The van der Waals surface area contributed by atoms with Crippen molar-refractivity contribution in [3.05, 3.63) is 36.9 Å². The first-order valence-corrected chi connectivity index (χ1v) is 11.4. The molecule has 0 heterocycles. The maximum absolute atomic E-state index is 11.1. The normalized spacial score (nSPS) is 10.7. The van der Waals surface area contributed by atoms with Crippen LogP contribution in [0.1, 0.15) is 84.0 Å². The Morgan fingerprint density at radius 2 is 1.24 bits per heavy atom. The molecule has 164 valence electrons. The molecule has 0 aliphatic rings. The fourth-order valence-electron chi connectivity index (χ4n) is 3.05. The fourth-order valence-corrected chi connectivity index (χ4v) is 3.05. The summed E-state index contributed by atoms with van der Waals surface area (Å²) in [6.07, 6.45) is 16.5. The molecule has 1 aromatic rings. The van der Waals surface area contributed by atoms with Crippen LogP contribution in [0.4, 0.5) is 0 Å². The molecule has 29 heavy (non-hydrogen) atoms.